The highest BCUT2D eigenvalue weighted by Gasteiger charge is 2.54. The van der Waals surface area contributed by atoms with Crippen LogP contribution in [0.25, 0.3) is 11.1 Å². The molecule has 8 nitrogen and oxygen atoms in total. The summed E-state index contributed by atoms with van der Waals surface area (Å²) in [7, 11) is 0. The summed E-state index contributed by atoms with van der Waals surface area (Å²) >= 11 is 2.96. The number of carbonyl (C=O) groups is 4. The van der Waals surface area contributed by atoms with Crippen LogP contribution in [-0.4, -0.2) is 44.5 Å². The van der Waals surface area contributed by atoms with Crippen LogP contribution in [-0.2, 0) is 19.2 Å². The Kier molecular flexibility index (Phi) is 7.33. The minimum absolute atomic E-state index is 0.00949. The molecule has 2 aromatic rings. The van der Waals surface area contributed by atoms with Crippen LogP contribution in [0.1, 0.15) is 124 Å². The van der Waals surface area contributed by atoms with E-state index >= 15 is 0 Å². The van der Waals surface area contributed by atoms with Crippen molar-refractivity contribution >= 4 is 78.6 Å². The fourth-order valence-electron chi connectivity index (χ4n) is 11.4. The van der Waals surface area contributed by atoms with Gasteiger partial charge in [0.25, 0.3) is 0 Å². The van der Waals surface area contributed by atoms with Gasteiger partial charge in [0, 0.05) is 45.3 Å². The third-order valence-electron chi connectivity index (χ3n) is 13.9. The van der Waals surface area contributed by atoms with Crippen LogP contribution >= 0.6 is 22.7 Å². The van der Waals surface area contributed by atoms with Crippen LogP contribution in [0.4, 0.5) is 10.3 Å². The summed E-state index contributed by atoms with van der Waals surface area (Å²) < 4.78 is 0. The smallest absolute Gasteiger partial charge is 0.210 e. The Balaban J connectivity index is 0.931. The third kappa shape index (κ3) is 4.72. The SMILES string of the molecule is CC1=CC2c3sc(N=C4C(=O)C5CC6CCCCC6CC5C4=O)nc3C(C)=CC2c2sc(N=C3C(=O)C4CC5CCCCC5CC4C3=O)nc21. The van der Waals surface area contributed by atoms with Gasteiger partial charge in [0.05, 0.1) is 11.4 Å². The molecule has 10 atom stereocenters. The van der Waals surface area contributed by atoms with Crippen LogP contribution < -0.4 is 0 Å². The Bertz CT molecular complexity index is 1800. The van der Waals surface area contributed by atoms with Gasteiger partial charge < -0.3 is 0 Å². The van der Waals surface area contributed by atoms with Crippen molar-refractivity contribution in [2.24, 2.45) is 57.3 Å². The average Bonchev–Trinajstić information content (AvgIpc) is 3.86. The normalized spacial score (nSPS) is 37.2. The maximum Gasteiger partial charge on any atom is 0.210 e. The molecular formula is C40H42N4O4S2. The molecule has 0 aromatic carbocycles. The molecule has 10 heteroatoms. The fourth-order valence-corrected chi connectivity index (χ4v) is 13.7. The second-order valence-corrected chi connectivity index (χ2v) is 18.5. The molecule has 50 heavy (non-hydrogen) atoms. The van der Waals surface area contributed by atoms with Crippen LogP contribution in [0.5, 0.6) is 0 Å². The fraction of sp³-hybridized carbons (Fsp3) is 0.600. The number of carbonyl (C=O) groups excluding carboxylic acids is 4. The van der Waals surface area contributed by atoms with Gasteiger partial charge in [0.2, 0.25) is 10.3 Å². The molecule has 0 amide bonds. The molecule has 0 saturated heterocycles. The van der Waals surface area contributed by atoms with E-state index in [1.165, 1.54) is 74.0 Å². The van der Waals surface area contributed by atoms with E-state index in [2.05, 4.69) is 26.0 Å². The lowest BCUT2D eigenvalue weighted by Crippen LogP contribution is -2.35. The Morgan fingerprint density at radius 3 is 1.18 bits per heavy atom. The lowest BCUT2D eigenvalue weighted by Gasteiger charge is -2.39. The number of fused-ring (bicyclic) bond motifs is 9. The molecule has 8 aliphatic carbocycles. The van der Waals surface area contributed by atoms with Crippen molar-refractivity contribution in [1.82, 2.24) is 9.97 Å². The molecule has 2 heterocycles. The molecule has 0 spiro atoms. The predicted molar refractivity (Wildman–Crippen MR) is 195 cm³/mol. The van der Waals surface area contributed by atoms with Crippen molar-refractivity contribution in [3.63, 3.8) is 0 Å². The quantitative estimate of drug-likeness (QED) is 0.309. The molecule has 0 N–H and O–H groups in total. The molecule has 0 aliphatic heterocycles. The van der Waals surface area contributed by atoms with Gasteiger partial charge in [-0.1, -0.05) is 86.2 Å². The highest BCUT2D eigenvalue weighted by atomic mass is 32.1. The predicted octanol–water partition coefficient (Wildman–Crippen LogP) is 8.41. The van der Waals surface area contributed by atoms with Gasteiger partial charge in [-0.25, -0.2) is 20.0 Å². The van der Waals surface area contributed by atoms with Gasteiger partial charge in [-0.05, 0) is 74.3 Å². The second-order valence-electron chi connectivity index (χ2n) is 16.5. The Morgan fingerprint density at radius 2 is 0.860 bits per heavy atom. The minimum atomic E-state index is -0.212. The van der Waals surface area contributed by atoms with E-state index in [1.807, 2.05) is 0 Å². The maximum absolute atomic E-state index is 13.6. The van der Waals surface area contributed by atoms with Crippen molar-refractivity contribution in [2.45, 2.75) is 103 Å². The molecule has 258 valence electrons. The summed E-state index contributed by atoms with van der Waals surface area (Å²) in [5.41, 5.74) is 4.03. The molecule has 2 aromatic heterocycles. The molecule has 10 rings (SSSR count). The minimum Gasteiger partial charge on any atom is -0.292 e. The number of aromatic nitrogens is 2. The highest BCUT2D eigenvalue weighted by molar-refractivity contribution is 7.16. The second kappa shape index (κ2) is 11.6. The lowest BCUT2D eigenvalue weighted by molar-refractivity contribution is -0.123. The summed E-state index contributed by atoms with van der Waals surface area (Å²) in [5, 5.41) is 0.952. The molecular weight excluding hydrogens is 665 g/mol. The summed E-state index contributed by atoms with van der Waals surface area (Å²) in [4.78, 5) is 75.7. The van der Waals surface area contributed by atoms with Gasteiger partial charge >= 0.3 is 0 Å². The summed E-state index contributed by atoms with van der Waals surface area (Å²) in [6.45, 7) is 4.10. The number of hydrogen-bond acceptors (Lipinski definition) is 10. The first kappa shape index (κ1) is 31.5. The number of nitrogens with zero attached hydrogens (tertiary/aromatic N) is 4. The van der Waals surface area contributed by atoms with Crippen LogP contribution in [0.2, 0.25) is 0 Å². The number of Topliss-reactive ketones (excluding diaryl/α,β-unsaturated/α-hetero) is 4. The van der Waals surface area contributed by atoms with Crippen molar-refractivity contribution in [1.29, 1.82) is 0 Å². The molecule has 0 bridgehead atoms. The van der Waals surface area contributed by atoms with Gasteiger partial charge in [-0.3, -0.25) is 19.2 Å². The van der Waals surface area contributed by atoms with Gasteiger partial charge in [0.1, 0.15) is 0 Å². The number of aliphatic imine (C=N–C) groups is 2. The standard InChI is InChI=1S/C40H42N4O4S2/c1-17-11-27-28(37-29(17)41-39(49-37)43-31-33(45)23-13-19-7-3-4-8-20(19)14-24(23)34(31)46)12-18(2)30-38(27)50-40(42-30)44-32-35(47)25-15-21-9-5-6-10-22(21)16-26(25)36(32)48/h11-12,19-28H,3-10,13-16H2,1-2H3. The first-order chi connectivity index (χ1) is 24.2. The van der Waals surface area contributed by atoms with Gasteiger partial charge in [-0.2, -0.15) is 0 Å². The summed E-state index contributed by atoms with van der Waals surface area (Å²) in [6, 6.07) is 0. The first-order valence-electron chi connectivity index (χ1n) is 19.0. The van der Waals surface area contributed by atoms with E-state index in [1.54, 1.807) is 0 Å². The Morgan fingerprint density at radius 1 is 0.540 bits per heavy atom. The summed E-state index contributed by atoms with van der Waals surface area (Å²) in [5.74, 6) is 1.14. The summed E-state index contributed by atoms with van der Waals surface area (Å²) in [6.07, 6.45) is 17.4. The largest absolute Gasteiger partial charge is 0.292 e. The highest BCUT2D eigenvalue weighted by Crippen LogP contribution is 2.55. The molecule has 8 aliphatic rings. The zero-order valence-electron chi connectivity index (χ0n) is 28.7. The maximum atomic E-state index is 13.6. The Hall–Kier alpha value is -3.24. The number of thiazole rings is 2. The van der Waals surface area contributed by atoms with E-state index in [-0.39, 0.29) is 70.1 Å². The Labute approximate surface area is 300 Å². The van der Waals surface area contributed by atoms with E-state index in [9.17, 15) is 19.2 Å². The van der Waals surface area contributed by atoms with Gasteiger partial charge in [-0.15, -0.1) is 0 Å². The molecule has 6 fully saturated rings. The van der Waals surface area contributed by atoms with Crippen molar-refractivity contribution in [3.05, 3.63) is 33.3 Å². The topological polar surface area (TPSA) is 119 Å². The van der Waals surface area contributed by atoms with Crippen molar-refractivity contribution in [3.8, 4) is 0 Å². The molecule has 6 saturated carbocycles. The average molecular weight is 707 g/mol. The third-order valence-corrected chi connectivity index (χ3v) is 16.0. The number of rotatable bonds is 2. The lowest BCUT2D eigenvalue weighted by atomic mass is 9.64. The van der Waals surface area contributed by atoms with E-state index in [0.717, 1.165) is 58.0 Å². The van der Waals surface area contributed by atoms with Crippen LogP contribution in [0.3, 0.4) is 0 Å². The van der Waals surface area contributed by atoms with Crippen LogP contribution in [0, 0.1) is 47.3 Å². The zero-order valence-corrected chi connectivity index (χ0v) is 30.3. The first-order valence-corrected chi connectivity index (χ1v) is 20.6. The van der Waals surface area contributed by atoms with Gasteiger partial charge in [0.15, 0.2) is 34.6 Å². The number of ketones is 4. The van der Waals surface area contributed by atoms with E-state index in [4.69, 9.17) is 20.0 Å². The molecule has 10 unspecified atom stereocenters. The number of allylic oxidation sites excluding steroid dienone is 4. The van der Waals surface area contributed by atoms with Crippen LogP contribution in [0.15, 0.2) is 22.1 Å². The van der Waals surface area contributed by atoms with Crippen molar-refractivity contribution < 1.29 is 19.2 Å². The number of hydrogen-bond donors (Lipinski definition) is 0. The molecule has 0 radical (unpaired) electrons. The van der Waals surface area contributed by atoms with E-state index in [0.29, 0.717) is 33.9 Å². The monoisotopic (exact) mass is 706 g/mol. The van der Waals surface area contributed by atoms with Crippen molar-refractivity contribution in [2.75, 3.05) is 0 Å². The zero-order chi connectivity index (χ0) is 34.0. The van der Waals surface area contributed by atoms with E-state index < -0.39 is 0 Å².